The molecule has 1 aliphatic heterocycles. The van der Waals surface area contributed by atoms with Gasteiger partial charge in [-0.2, -0.15) is 0 Å². The summed E-state index contributed by atoms with van der Waals surface area (Å²) < 4.78 is 5.78. The molecule has 1 N–H and O–H groups in total. The molecular formula is C19H19ClN4O2. The van der Waals surface area contributed by atoms with Crippen LogP contribution in [-0.4, -0.2) is 47.0 Å². The van der Waals surface area contributed by atoms with Crippen molar-refractivity contribution < 1.29 is 9.21 Å². The number of hydrogen-bond acceptors (Lipinski definition) is 4. The highest BCUT2D eigenvalue weighted by Gasteiger charge is 2.22. The summed E-state index contributed by atoms with van der Waals surface area (Å²) in [5.41, 5.74) is 2.31. The zero-order valence-electron chi connectivity index (χ0n) is 14.2. The first kappa shape index (κ1) is 16.9. The summed E-state index contributed by atoms with van der Waals surface area (Å²) in [5, 5.41) is 3.41. The number of benzene rings is 2. The fourth-order valence-electron chi connectivity index (χ4n) is 3.04. The number of halogens is 1. The Hall–Kier alpha value is -2.57. The quantitative estimate of drug-likeness (QED) is 0.761. The van der Waals surface area contributed by atoms with Crippen molar-refractivity contribution >= 4 is 34.4 Å². The van der Waals surface area contributed by atoms with Crippen LogP contribution >= 0.6 is 11.6 Å². The second-order valence-electron chi connectivity index (χ2n) is 6.25. The third-order valence-corrected chi connectivity index (χ3v) is 4.80. The van der Waals surface area contributed by atoms with Crippen molar-refractivity contribution in [3.05, 3.63) is 59.4 Å². The predicted molar refractivity (Wildman–Crippen MR) is 101 cm³/mol. The minimum Gasteiger partial charge on any atom is -0.439 e. The molecule has 0 radical (unpaired) electrons. The normalized spacial score (nSPS) is 15.3. The van der Waals surface area contributed by atoms with Crippen LogP contribution in [0.15, 0.2) is 52.9 Å². The van der Waals surface area contributed by atoms with Crippen LogP contribution in [0.3, 0.4) is 0 Å². The molecule has 1 saturated heterocycles. The van der Waals surface area contributed by atoms with Crippen LogP contribution in [0.4, 0.5) is 10.5 Å². The van der Waals surface area contributed by atoms with E-state index in [1.165, 1.54) is 0 Å². The van der Waals surface area contributed by atoms with Gasteiger partial charge in [-0.15, -0.1) is 0 Å². The standard InChI is InChI=1S/C19H19ClN4O2/c20-14-5-1-2-6-15(14)22-19(25)24-11-9-23(10-12-24)13-18-21-16-7-3-4-8-17(16)26-18/h1-8H,9-13H2,(H,22,25). The number of piperazine rings is 1. The number of para-hydroxylation sites is 3. The third kappa shape index (κ3) is 3.66. The molecule has 0 bridgehead atoms. The smallest absolute Gasteiger partial charge is 0.321 e. The van der Waals surface area contributed by atoms with Crippen molar-refractivity contribution in [3.63, 3.8) is 0 Å². The lowest BCUT2D eigenvalue weighted by Gasteiger charge is -2.34. The van der Waals surface area contributed by atoms with Gasteiger partial charge in [0.15, 0.2) is 5.58 Å². The molecular weight excluding hydrogens is 352 g/mol. The molecule has 0 unspecified atom stereocenters. The minimum absolute atomic E-state index is 0.125. The zero-order chi connectivity index (χ0) is 17.9. The van der Waals surface area contributed by atoms with E-state index in [0.29, 0.717) is 36.2 Å². The van der Waals surface area contributed by atoms with Crippen LogP contribution < -0.4 is 5.32 Å². The molecule has 0 spiro atoms. The van der Waals surface area contributed by atoms with Crippen LogP contribution in [0.25, 0.3) is 11.1 Å². The average Bonchev–Trinajstić information content (AvgIpc) is 3.06. The summed E-state index contributed by atoms with van der Waals surface area (Å²) in [6.07, 6.45) is 0. The number of urea groups is 1. The Labute approximate surface area is 156 Å². The van der Waals surface area contributed by atoms with Gasteiger partial charge in [-0.3, -0.25) is 4.90 Å². The van der Waals surface area contributed by atoms with E-state index in [1.54, 1.807) is 17.0 Å². The Morgan fingerprint density at radius 2 is 1.81 bits per heavy atom. The van der Waals surface area contributed by atoms with Crippen LogP contribution in [0.1, 0.15) is 5.89 Å². The van der Waals surface area contributed by atoms with Crippen molar-refractivity contribution in [2.75, 3.05) is 31.5 Å². The highest BCUT2D eigenvalue weighted by Crippen LogP contribution is 2.21. The number of nitrogens with one attached hydrogen (secondary N) is 1. The van der Waals surface area contributed by atoms with E-state index in [-0.39, 0.29) is 6.03 Å². The summed E-state index contributed by atoms with van der Waals surface area (Å²) in [6.45, 7) is 3.49. The maximum Gasteiger partial charge on any atom is 0.321 e. The maximum absolute atomic E-state index is 12.4. The van der Waals surface area contributed by atoms with Crippen molar-refractivity contribution in [3.8, 4) is 0 Å². The minimum atomic E-state index is -0.125. The Morgan fingerprint density at radius 3 is 2.58 bits per heavy atom. The van der Waals surface area contributed by atoms with E-state index in [2.05, 4.69) is 15.2 Å². The van der Waals surface area contributed by atoms with Crippen LogP contribution in [0, 0.1) is 0 Å². The number of fused-ring (bicyclic) bond motifs is 1. The number of anilines is 1. The number of carbonyl (C=O) groups excluding carboxylic acids is 1. The molecule has 2 aromatic carbocycles. The molecule has 2 amide bonds. The van der Waals surface area contributed by atoms with Gasteiger partial charge in [0.25, 0.3) is 0 Å². The van der Waals surface area contributed by atoms with E-state index in [4.69, 9.17) is 16.0 Å². The Bertz CT molecular complexity index is 886. The molecule has 4 rings (SSSR count). The summed E-state index contributed by atoms with van der Waals surface area (Å²) in [5.74, 6) is 0.708. The lowest BCUT2D eigenvalue weighted by atomic mass is 10.3. The van der Waals surface area contributed by atoms with E-state index < -0.39 is 0 Å². The second kappa shape index (κ2) is 7.35. The largest absolute Gasteiger partial charge is 0.439 e. The van der Waals surface area contributed by atoms with Gasteiger partial charge in [0.1, 0.15) is 5.52 Å². The molecule has 0 aliphatic carbocycles. The Morgan fingerprint density at radius 1 is 1.08 bits per heavy atom. The molecule has 1 aromatic heterocycles. The summed E-state index contributed by atoms with van der Waals surface area (Å²) >= 11 is 6.10. The zero-order valence-corrected chi connectivity index (χ0v) is 14.9. The van der Waals surface area contributed by atoms with Gasteiger partial charge in [0, 0.05) is 26.2 Å². The molecule has 26 heavy (non-hydrogen) atoms. The van der Waals surface area contributed by atoms with Gasteiger partial charge in [0.2, 0.25) is 5.89 Å². The first-order valence-electron chi connectivity index (χ1n) is 8.56. The molecule has 3 aromatic rings. The van der Waals surface area contributed by atoms with Crippen molar-refractivity contribution in [2.45, 2.75) is 6.54 Å². The van der Waals surface area contributed by atoms with E-state index in [9.17, 15) is 4.79 Å². The average molecular weight is 371 g/mol. The highest BCUT2D eigenvalue weighted by molar-refractivity contribution is 6.33. The lowest BCUT2D eigenvalue weighted by Crippen LogP contribution is -2.49. The van der Waals surface area contributed by atoms with Crippen molar-refractivity contribution in [1.29, 1.82) is 0 Å². The number of carbonyl (C=O) groups is 1. The molecule has 0 atom stereocenters. The molecule has 6 nitrogen and oxygen atoms in total. The van der Waals surface area contributed by atoms with Crippen molar-refractivity contribution in [1.82, 2.24) is 14.8 Å². The lowest BCUT2D eigenvalue weighted by molar-refractivity contribution is 0.136. The summed E-state index contributed by atoms with van der Waals surface area (Å²) in [4.78, 5) is 21.0. The van der Waals surface area contributed by atoms with E-state index in [1.807, 2.05) is 36.4 Å². The topological polar surface area (TPSA) is 61.6 Å². The fourth-order valence-corrected chi connectivity index (χ4v) is 3.23. The summed E-state index contributed by atoms with van der Waals surface area (Å²) in [6, 6.07) is 14.9. The van der Waals surface area contributed by atoms with E-state index in [0.717, 1.165) is 24.2 Å². The first-order chi connectivity index (χ1) is 12.7. The predicted octanol–water partition coefficient (Wildman–Crippen LogP) is 3.83. The number of rotatable bonds is 3. The Balaban J connectivity index is 1.32. The molecule has 134 valence electrons. The second-order valence-corrected chi connectivity index (χ2v) is 6.66. The van der Waals surface area contributed by atoms with Gasteiger partial charge >= 0.3 is 6.03 Å². The number of amides is 2. The van der Waals surface area contributed by atoms with Gasteiger partial charge in [-0.25, -0.2) is 9.78 Å². The van der Waals surface area contributed by atoms with Gasteiger partial charge in [-0.05, 0) is 24.3 Å². The Kier molecular flexibility index (Phi) is 4.77. The maximum atomic E-state index is 12.4. The molecule has 0 saturated carbocycles. The molecule has 1 fully saturated rings. The number of nitrogens with zero attached hydrogens (tertiary/aromatic N) is 3. The monoisotopic (exact) mass is 370 g/mol. The summed E-state index contributed by atoms with van der Waals surface area (Å²) in [7, 11) is 0. The molecule has 1 aliphatic rings. The number of aromatic nitrogens is 1. The number of hydrogen-bond donors (Lipinski definition) is 1. The number of oxazole rings is 1. The first-order valence-corrected chi connectivity index (χ1v) is 8.94. The molecule has 7 heteroatoms. The SMILES string of the molecule is O=C(Nc1ccccc1Cl)N1CCN(Cc2nc3ccccc3o2)CC1. The van der Waals surface area contributed by atoms with Gasteiger partial charge in [0.05, 0.1) is 17.3 Å². The highest BCUT2D eigenvalue weighted by atomic mass is 35.5. The van der Waals surface area contributed by atoms with Crippen molar-refractivity contribution in [2.24, 2.45) is 0 Å². The third-order valence-electron chi connectivity index (χ3n) is 4.47. The van der Waals surface area contributed by atoms with E-state index >= 15 is 0 Å². The van der Waals surface area contributed by atoms with Gasteiger partial charge in [-0.1, -0.05) is 35.9 Å². The fraction of sp³-hybridized carbons (Fsp3) is 0.263. The van der Waals surface area contributed by atoms with Crippen LogP contribution in [0.5, 0.6) is 0 Å². The molecule has 2 heterocycles. The van der Waals surface area contributed by atoms with Gasteiger partial charge < -0.3 is 14.6 Å². The van der Waals surface area contributed by atoms with Crippen LogP contribution in [-0.2, 0) is 6.54 Å². The van der Waals surface area contributed by atoms with Crippen LogP contribution in [0.2, 0.25) is 5.02 Å².